The number of ether oxygens (including phenoxy) is 1. The molecule has 1 rings (SSSR count). The van der Waals surface area contributed by atoms with Gasteiger partial charge in [0.25, 0.3) is 0 Å². The molecule has 0 bridgehead atoms. The van der Waals surface area contributed by atoms with Crippen molar-refractivity contribution >= 4 is 11.8 Å². The Morgan fingerprint density at radius 1 is 1.47 bits per heavy atom. The molecular weight excluding hydrogens is 232 g/mol. The van der Waals surface area contributed by atoms with Crippen LogP contribution in [0.5, 0.6) is 0 Å². The molecule has 1 unspecified atom stereocenters. The van der Waals surface area contributed by atoms with Crippen molar-refractivity contribution < 1.29 is 4.74 Å². The minimum absolute atomic E-state index is 0.343. The van der Waals surface area contributed by atoms with Crippen molar-refractivity contribution in [2.75, 3.05) is 19.5 Å². The van der Waals surface area contributed by atoms with E-state index in [0.29, 0.717) is 6.04 Å². The summed E-state index contributed by atoms with van der Waals surface area (Å²) in [6.45, 7) is 2.91. The van der Waals surface area contributed by atoms with Crippen LogP contribution < -0.4 is 11.3 Å². The number of rotatable bonds is 8. The molecule has 0 aromatic heterocycles. The maximum atomic E-state index is 5.54. The topological polar surface area (TPSA) is 47.3 Å². The zero-order valence-electron chi connectivity index (χ0n) is 10.6. The van der Waals surface area contributed by atoms with Gasteiger partial charge in [-0.05, 0) is 31.9 Å². The molecule has 0 spiro atoms. The summed E-state index contributed by atoms with van der Waals surface area (Å²) in [4.78, 5) is 1.30. The molecule has 1 atom stereocenters. The predicted molar refractivity (Wildman–Crippen MR) is 74.1 cm³/mol. The number of benzene rings is 1. The first-order valence-corrected chi connectivity index (χ1v) is 6.89. The molecule has 0 heterocycles. The molecule has 0 fully saturated rings. The highest BCUT2D eigenvalue weighted by Crippen LogP contribution is 2.20. The Hall–Kier alpha value is -0.550. The van der Waals surface area contributed by atoms with E-state index < -0.39 is 0 Å². The van der Waals surface area contributed by atoms with Gasteiger partial charge < -0.3 is 4.74 Å². The minimum atomic E-state index is 0.343. The van der Waals surface area contributed by atoms with Gasteiger partial charge in [0.1, 0.15) is 0 Å². The quantitative estimate of drug-likeness (QED) is 0.323. The van der Waals surface area contributed by atoms with E-state index in [1.165, 1.54) is 10.5 Å². The van der Waals surface area contributed by atoms with Gasteiger partial charge in [0, 0.05) is 30.4 Å². The Balaban J connectivity index is 2.31. The van der Waals surface area contributed by atoms with Crippen LogP contribution in [0, 0.1) is 6.92 Å². The van der Waals surface area contributed by atoms with Crippen LogP contribution in [-0.2, 0) is 4.74 Å². The molecule has 1 aromatic carbocycles. The third-order valence-electron chi connectivity index (χ3n) is 2.58. The third kappa shape index (κ3) is 6.07. The van der Waals surface area contributed by atoms with Gasteiger partial charge in [-0.2, -0.15) is 0 Å². The van der Waals surface area contributed by atoms with Gasteiger partial charge in [0.05, 0.1) is 0 Å². The Labute approximate surface area is 108 Å². The number of methoxy groups -OCH3 is 1. The Kier molecular flexibility index (Phi) is 7.28. The first kappa shape index (κ1) is 14.5. The maximum absolute atomic E-state index is 5.54. The van der Waals surface area contributed by atoms with Crippen LogP contribution in [-0.4, -0.2) is 25.5 Å². The summed E-state index contributed by atoms with van der Waals surface area (Å²) in [5, 5.41) is 0. The summed E-state index contributed by atoms with van der Waals surface area (Å²) < 4.78 is 5.04. The molecule has 0 aliphatic carbocycles. The highest BCUT2D eigenvalue weighted by molar-refractivity contribution is 7.99. The molecule has 0 saturated heterocycles. The molecule has 96 valence electrons. The second kappa shape index (κ2) is 8.53. The number of aryl methyl sites for hydroxylation is 1. The smallest absolute Gasteiger partial charge is 0.0462 e. The van der Waals surface area contributed by atoms with E-state index in [-0.39, 0.29) is 0 Å². The predicted octanol–water partition coefficient (Wildman–Crippen LogP) is 2.35. The fourth-order valence-electron chi connectivity index (χ4n) is 1.59. The Bertz CT molecular complexity index is 320. The number of thioether (sulfide) groups is 1. The number of nitrogens with two attached hydrogens (primary N) is 1. The van der Waals surface area contributed by atoms with Gasteiger partial charge in [-0.25, -0.2) is 0 Å². The van der Waals surface area contributed by atoms with Crippen molar-refractivity contribution in [2.45, 2.75) is 30.7 Å². The fraction of sp³-hybridized carbons (Fsp3) is 0.538. The lowest BCUT2D eigenvalue weighted by Crippen LogP contribution is -2.37. The van der Waals surface area contributed by atoms with Crippen LogP contribution in [0.2, 0.25) is 0 Å². The SMILES string of the molecule is COCCCC(CSc1cccc(C)c1)NN. The zero-order valence-corrected chi connectivity index (χ0v) is 11.4. The largest absolute Gasteiger partial charge is 0.385 e. The molecule has 3 nitrogen and oxygen atoms in total. The van der Waals surface area contributed by atoms with E-state index in [9.17, 15) is 0 Å². The number of nitrogens with one attached hydrogen (secondary N) is 1. The fourth-order valence-corrected chi connectivity index (χ4v) is 2.69. The van der Waals surface area contributed by atoms with Gasteiger partial charge in [-0.3, -0.25) is 11.3 Å². The molecule has 0 aliphatic rings. The van der Waals surface area contributed by atoms with E-state index in [1.807, 2.05) is 11.8 Å². The standard InChI is InChI=1S/C13H22N2OS/c1-11-5-3-7-13(9-11)17-10-12(15-14)6-4-8-16-2/h3,5,7,9,12,15H,4,6,8,10,14H2,1-2H3. The minimum Gasteiger partial charge on any atom is -0.385 e. The van der Waals surface area contributed by atoms with Gasteiger partial charge >= 0.3 is 0 Å². The van der Waals surface area contributed by atoms with Crippen LogP contribution in [0.1, 0.15) is 18.4 Å². The highest BCUT2D eigenvalue weighted by atomic mass is 32.2. The summed E-state index contributed by atoms with van der Waals surface area (Å²) in [5.74, 6) is 6.53. The van der Waals surface area contributed by atoms with Crippen LogP contribution in [0.3, 0.4) is 0 Å². The monoisotopic (exact) mass is 254 g/mol. The van der Waals surface area contributed by atoms with Crippen molar-refractivity contribution in [3.63, 3.8) is 0 Å². The van der Waals surface area contributed by atoms with Crippen molar-refractivity contribution in [3.05, 3.63) is 29.8 Å². The molecule has 3 N–H and O–H groups in total. The average molecular weight is 254 g/mol. The van der Waals surface area contributed by atoms with Gasteiger partial charge in [0.15, 0.2) is 0 Å². The molecular formula is C13H22N2OS. The number of hydrogen-bond donors (Lipinski definition) is 2. The normalized spacial score (nSPS) is 12.6. The van der Waals surface area contributed by atoms with Crippen LogP contribution in [0.4, 0.5) is 0 Å². The summed E-state index contributed by atoms with van der Waals surface area (Å²) in [5.41, 5.74) is 4.17. The van der Waals surface area contributed by atoms with Gasteiger partial charge in [-0.1, -0.05) is 17.7 Å². The van der Waals surface area contributed by atoms with Crippen molar-refractivity contribution in [2.24, 2.45) is 5.84 Å². The summed E-state index contributed by atoms with van der Waals surface area (Å²) >= 11 is 1.84. The molecule has 0 amide bonds. The van der Waals surface area contributed by atoms with Crippen LogP contribution in [0.25, 0.3) is 0 Å². The summed E-state index contributed by atoms with van der Waals surface area (Å²) in [7, 11) is 1.73. The van der Waals surface area contributed by atoms with Crippen molar-refractivity contribution in [1.29, 1.82) is 0 Å². The summed E-state index contributed by atoms with van der Waals surface area (Å²) in [6.07, 6.45) is 2.09. The molecule has 4 heteroatoms. The van der Waals surface area contributed by atoms with E-state index >= 15 is 0 Å². The van der Waals surface area contributed by atoms with E-state index in [0.717, 1.165) is 25.2 Å². The van der Waals surface area contributed by atoms with Crippen molar-refractivity contribution in [1.82, 2.24) is 5.43 Å². The highest BCUT2D eigenvalue weighted by Gasteiger charge is 2.06. The molecule has 0 aliphatic heterocycles. The summed E-state index contributed by atoms with van der Waals surface area (Å²) in [6, 6.07) is 8.89. The van der Waals surface area contributed by atoms with E-state index in [1.54, 1.807) is 7.11 Å². The van der Waals surface area contributed by atoms with E-state index in [4.69, 9.17) is 10.6 Å². The van der Waals surface area contributed by atoms with Gasteiger partial charge in [0.2, 0.25) is 0 Å². The second-order valence-electron chi connectivity index (χ2n) is 4.13. The first-order valence-electron chi connectivity index (χ1n) is 5.90. The Morgan fingerprint density at radius 2 is 2.29 bits per heavy atom. The van der Waals surface area contributed by atoms with E-state index in [2.05, 4.69) is 36.6 Å². The molecule has 0 radical (unpaired) electrons. The zero-order chi connectivity index (χ0) is 12.5. The van der Waals surface area contributed by atoms with Crippen LogP contribution >= 0.6 is 11.8 Å². The number of hydrazine groups is 1. The number of hydrogen-bond acceptors (Lipinski definition) is 4. The average Bonchev–Trinajstić information content (AvgIpc) is 2.34. The third-order valence-corrected chi connectivity index (χ3v) is 3.73. The molecule has 1 aromatic rings. The lowest BCUT2D eigenvalue weighted by Gasteiger charge is -2.15. The lowest BCUT2D eigenvalue weighted by atomic mass is 10.2. The molecule has 0 saturated carbocycles. The lowest BCUT2D eigenvalue weighted by molar-refractivity contribution is 0.189. The van der Waals surface area contributed by atoms with Gasteiger partial charge in [-0.15, -0.1) is 11.8 Å². The maximum Gasteiger partial charge on any atom is 0.0462 e. The van der Waals surface area contributed by atoms with Crippen LogP contribution in [0.15, 0.2) is 29.2 Å². The second-order valence-corrected chi connectivity index (χ2v) is 5.22. The van der Waals surface area contributed by atoms with Crippen molar-refractivity contribution in [3.8, 4) is 0 Å². The first-order chi connectivity index (χ1) is 8.26. The Morgan fingerprint density at radius 3 is 2.94 bits per heavy atom. The molecule has 17 heavy (non-hydrogen) atoms.